The molecule has 0 aromatic heterocycles. The molecular weight excluding hydrogens is 198 g/mol. The first-order chi connectivity index (χ1) is 7.65. The molecule has 4 aliphatic carbocycles. The van der Waals surface area contributed by atoms with Gasteiger partial charge in [-0.3, -0.25) is 4.79 Å². The lowest BCUT2D eigenvalue weighted by atomic mass is 9.49. The van der Waals surface area contributed by atoms with Gasteiger partial charge in [-0.05, 0) is 68.1 Å². The molecule has 0 radical (unpaired) electrons. The molecule has 2 nitrogen and oxygen atoms in total. The van der Waals surface area contributed by atoms with Crippen LogP contribution >= 0.6 is 0 Å². The van der Waals surface area contributed by atoms with Gasteiger partial charge in [-0.25, -0.2) is 0 Å². The Morgan fingerprint density at radius 3 is 2.06 bits per heavy atom. The zero-order valence-electron chi connectivity index (χ0n) is 10.3. The standard InChI is InChI=1S/C14H23NO/c1-10(16)15-3-2-14-7-11-4-12(8-14)6-13(5-11)9-14/h11-13H,2-9H2,1H3,(H,15,16). The van der Waals surface area contributed by atoms with Crippen LogP contribution in [0.5, 0.6) is 0 Å². The Morgan fingerprint density at radius 2 is 1.62 bits per heavy atom. The summed E-state index contributed by atoms with van der Waals surface area (Å²) in [5.74, 6) is 3.22. The van der Waals surface area contributed by atoms with E-state index in [2.05, 4.69) is 5.32 Å². The van der Waals surface area contributed by atoms with Gasteiger partial charge in [0, 0.05) is 13.5 Å². The molecule has 0 spiro atoms. The quantitative estimate of drug-likeness (QED) is 0.780. The van der Waals surface area contributed by atoms with Crippen molar-refractivity contribution in [3.05, 3.63) is 0 Å². The number of rotatable bonds is 3. The Bertz CT molecular complexity index is 262. The van der Waals surface area contributed by atoms with Crippen molar-refractivity contribution in [1.82, 2.24) is 5.32 Å². The van der Waals surface area contributed by atoms with E-state index in [0.717, 1.165) is 24.3 Å². The fraction of sp³-hybridized carbons (Fsp3) is 0.929. The summed E-state index contributed by atoms with van der Waals surface area (Å²) in [6.07, 6.45) is 10.1. The SMILES string of the molecule is CC(=O)NCCC12CC3CC(CC(C3)C1)C2. The van der Waals surface area contributed by atoms with Gasteiger partial charge in [0.2, 0.25) is 5.91 Å². The number of amides is 1. The van der Waals surface area contributed by atoms with E-state index in [9.17, 15) is 4.79 Å². The summed E-state index contributed by atoms with van der Waals surface area (Å²) < 4.78 is 0. The molecule has 0 aromatic carbocycles. The molecule has 90 valence electrons. The Kier molecular flexibility index (Phi) is 2.49. The van der Waals surface area contributed by atoms with E-state index in [1.165, 1.54) is 44.9 Å². The number of hydrogen-bond donors (Lipinski definition) is 1. The third kappa shape index (κ3) is 1.87. The van der Waals surface area contributed by atoms with Gasteiger partial charge in [-0.1, -0.05) is 0 Å². The van der Waals surface area contributed by atoms with Crippen LogP contribution < -0.4 is 5.32 Å². The van der Waals surface area contributed by atoms with Crippen molar-refractivity contribution >= 4 is 5.91 Å². The lowest BCUT2D eigenvalue weighted by Crippen LogP contribution is -2.47. The van der Waals surface area contributed by atoms with Crippen LogP contribution in [0.15, 0.2) is 0 Å². The molecule has 0 aliphatic heterocycles. The van der Waals surface area contributed by atoms with E-state index in [1.807, 2.05) is 0 Å². The van der Waals surface area contributed by atoms with Gasteiger partial charge in [0.05, 0.1) is 0 Å². The fourth-order valence-corrected chi connectivity index (χ4v) is 5.10. The van der Waals surface area contributed by atoms with Crippen LogP contribution in [0.1, 0.15) is 51.9 Å². The zero-order chi connectivity index (χ0) is 11.2. The highest BCUT2D eigenvalue weighted by molar-refractivity contribution is 5.72. The Labute approximate surface area is 98.2 Å². The second-order valence-electron chi connectivity index (χ2n) is 6.65. The van der Waals surface area contributed by atoms with Crippen LogP contribution in [0.3, 0.4) is 0 Å². The van der Waals surface area contributed by atoms with E-state index in [-0.39, 0.29) is 5.91 Å². The van der Waals surface area contributed by atoms with Crippen molar-refractivity contribution in [2.45, 2.75) is 51.9 Å². The average molecular weight is 221 g/mol. The van der Waals surface area contributed by atoms with E-state index in [1.54, 1.807) is 6.92 Å². The van der Waals surface area contributed by atoms with E-state index >= 15 is 0 Å². The zero-order valence-corrected chi connectivity index (χ0v) is 10.3. The van der Waals surface area contributed by atoms with Crippen molar-refractivity contribution in [1.29, 1.82) is 0 Å². The number of carbonyl (C=O) groups excluding carboxylic acids is 1. The van der Waals surface area contributed by atoms with Gasteiger partial charge in [0.25, 0.3) is 0 Å². The van der Waals surface area contributed by atoms with Crippen molar-refractivity contribution < 1.29 is 4.79 Å². The maximum absolute atomic E-state index is 10.9. The van der Waals surface area contributed by atoms with Crippen molar-refractivity contribution in [3.8, 4) is 0 Å². The first-order valence-corrected chi connectivity index (χ1v) is 6.90. The summed E-state index contributed by atoms with van der Waals surface area (Å²) >= 11 is 0. The van der Waals surface area contributed by atoms with Crippen molar-refractivity contribution in [3.63, 3.8) is 0 Å². The fourth-order valence-electron chi connectivity index (χ4n) is 5.10. The van der Waals surface area contributed by atoms with Crippen LogP contribution in [0.2, 0.25) is 0 Å². The van der Waals surface area contributed by atoms with Crippen LogP contribution in [-0.4, -0.2) is 12.5 Å². The molecule has 4 bridgehead atoms. The van der Waals surface area contributed by atoms with Crippen LogP contribution in [0.4, 0.5) is 0 Å². The average Bonchev–Trinajstić information content (AvgIpc) is 2.13. The maximum Gasteiger partial charge on any atom is 0.216 e. The summed E-state index contributed by atoms with van der Waals surface area (Å²) in [5, 5.41) is 2.98. The van der Waals surface area contributed by atoms with Gasteiger partial charge in [-0.2, -0.15) is 0 Å². The number of hydrogen-bond acceptors (Lipinski definition) is 1. The van der Waals surface area contributed by atoms with Crippen LogP contribution in [0, 0.1) is 23.2 Å². The first-order valence-electron chi connectivity index (χ1n) is 6.90. The second kappa shape index (κ2) is 3.75. The minimum atomic E-state index is 0.129. The molecule has 4 fully saturated rings. The molecule has 4 aliphatic rings. The van der Waals surface area contributed by atoms with Gasteiger partial charge >= 0.3 is 0 Å². The highest BCUT2D eigenvalue weighted by Gasteiger charge is 2.50. The predicted molar refractivity (Wildman–Crippen MR) is 63.9 cm³/mol. The summed E-state index contributed by atoms with van der Waals surface area (Å²) in [6, 6.07) is 0. The Balaban J connectivity index is 1.62. The van der Waals surface area contributed by atoms with Gasteiger partial charge in [-0.15, -0.1) is 0 Å². The highest BCUT2D eigenvalue weighted by Crippen LogP contribution is 2.61. The monoisotopic (exact) mass is 221 g/mol. The summed E-state index contributed by atoms with van der Waals surface area (Å²) in [4.78, 5) is 10.9. The normalized spacial score (nSPS) is 44.7. The van der Waals surface area contributed by atoms with Gasteiger partial charge in [0.15, 0.2) is 0 Å². The molecular formula is C14H23NO. The first kappa shape index (κ1) is 10.6. The van der Waals surface area contributed by atoms with Crippen molar-refractivity contribution in [2.24, 2.45) is 23.2 Å². The third-order valence-electron chi connectivity index (χ3n) is 5.19. The van der Waals surface area contributed by atoms with Crippen molar-refractivity contribution in [2.75, 3.05) is 6.54 Å². The molecule has 16 heavy (non-hydrogen) atoms. The van der Waals surface area contributed by atoms with E-state index in [4.69, 9.17) is 0 Å². The minimum absolute atomic E-state index is 0.129. The van der Waals surface area contributed by atoms with Crippen LogP contribution in [0.25, 0.3) is 0 Å². The second-order valence-corrected chi connectivity index (χ2v) is 6.65. The lowest BCUT2D eigenvalue weighted by Gasteiger charge is -2.57. The molecule has 4 saturated carbocycles. The third-order valence-corrected chi connectivity index (χ3v) is 5.19. The maximum atomic E-state index is 10.9. The van der Waals surface area contributed by atoms with Crippen LogP contribution in [-0.2, 0) is 4.79 Å². The molecule has 1 N–H and O–H groups in total. The molecule has 0 aromatic rings. The number of carbonyl (C=O) groups is 1. The van der Waals surface area contributed by atoms with E-state index < -0.39 is 0 Å². The topological polar surface area (TPSA) is 29.1 Å². The lowest BCUT2D eigenvalue weighted by molar-refractivity contribution is -0.119. The minimum Gasteiger partial charge on any atom is -0.356 e. The predicted octanol–water partition coefficient (Wildman–Crippen LogP) is 2.73. The number of nitrogens with one attached hydrogen (secondary N) is 1. The summed E-state index contributed by atoms with van der Waals surface area (Å²) in [6.45, 7) is 2.53. The Morgan fingerprint density at radius 1 is 1.12 bits per heavy atom. The van der Waals surface area contributed by atoms with E-state index in [0.29, 0.717) is 5.41 Å². The highest BCUT2D eigenvalue weighted by atomic mass is 16.1. The summed E-state index contributed by atoms with van der Waals surface area (Å²) in [5.41, 5.74) is 0.622. The smallest absolute Gasteiger partial charge is 0.216 e. The molecule has 0 unspecified atom stereocenters. The molecule has 1 amide bonds. The van der Waals surface area contributed by atoms with Gasteiger partial charge < -0.3 is 5.32 Å². The molecule has 2 heteroatoms. The van der Waals surface area contributed by atoms with Gasteiger partial charge in [0.1, 0.15) is 0 Å². The molecule has 0 heterocycles. The largest absolute Gasteiger partial charge is 0.356 e. The Hall–Kier alpha value is -0.530. The summed E-state index contributed by atoms with van der Waals surface area (Å²) in [7, 11) is 0. The molecule has 0 atom stereocenters. The molecule has 0 saturated heterocycles. The molecule has 4 rings (SSSR count).